The molecule has 0 aliphatic carbocycles. The Bertz CT molecular complexity index is 1100. The Morgan fingerprint density at radius 1 is 1.13 bits per heavy atom. The van der Waals surface area contributed by atoms with Crippen LogP contribution in [0.1, 0.15) is 23.2 Å². The highest BCUT2D eigenvalue weighted by atomic mass is 32.2. The van der Waals surface area contributed by atoms with Gasteiger partial charge >= 0.3 is 0 Å². The Morgan fingerprint density at radius 2 is 1.94 bits per heavy atom. The molecule has 4 aromatic rings. The van der Waals surface area contributed by atoms with Crippen LogP contribution in [0.25, 0.3) is 0 Å². The summed E-state index contributed by atoms with van der Waals surface area (Å²) in [5.74, 6) is 1.44. The van der Waals surface area contributed by atoms with Crippen molar-refractivity contribution in [3.63, 3.8) is 0 Å². The zero-order chi connectivity index (χ0) is 21.5. The molecule has 0 bridgehead atoms. The molecule has 0 spiro atoms. The number of nitrogens with zero attached hydrogens (tertiary/aromatic N) is 2. The Hall–Kier alpha value is -3.10. The predicted molar refractivity (Wildman–Crippen MR) is 125 cm³/mol. The monoisotopic (exact) mass is 450 g/mol. The zero-order valence-electron chi connectivity index (χ0n) is 16.9. The lowest BCUT2D eigenvalue weighted by Crippen LogP contribution is -2.22. The fraction of sp³-hybridized carbons (Fsp3) is 0.174. The summed E-state index contributed by atoms with van der Waals surface area (Å²) in [6.07, 6.45) is 0.713. The second kappa shape index (κ2) is 10.3. The van der Waals surface area contributed by atoms with Crippen LogP contribution < -0.4 is 10.1 Å². The maximum atomic E-state index is 12.5. The van der Waals surface area contributed by atoms with Gasteiger partial charge in [0.25, 0.3) is 0 Å². The van der Waals surface area contributed by atoms with Gasteiger partial charge in [0.2, 0.25) is 11.1 Å². The van der Waals surface area contributed by atoms with Crippen molar-refractivity contribution in [2.75, 3.05) is 5.32 Å². The fourth-order valence-corrected chi connectivity index (χ4v) is 4.27. The minimum atomic E-state index is -0.334. The van der Waals surface area contributed by atoms with Gasteiger partial charge in [-0.3, -0.25) is 9.89 Å². The van der Waals surface area contributed by atoms with E-state index in [0.717, 1.165) is 22.8 Å². The van der Waals surface area contributed by atoms with Gasteiger partial charge in [-0.15, -0.1) is 16.4 Å². The van der Waals surface area contributed by atoms with Crippen LogP contribution in [0.2, 0.25) is 0 Å². The van der Waals surface area contributed by atoms with E-state index in [0.29, 0.717) is 18.2 Å². The third-order valence-corrected chi connectivity index (χ3v) is 6.29. The van der Waals surface area contributed by atoms with Crippen LogP contribution in [-0.4, -0.2) is 26.3 Å². The quantitative estimate of drug-likeness (QED) is 0.345. The number of carbonyl (C=O) groups excluding carboxylic acids is 1. The maximum absolute atomic E-state index is 12.5. The molecule has 2 aromatic heterocycles. The lowest BCUT2D eigenvalue weighted by Gasteiger charge is -2.11. The van der Waals surface area contributed by atoms with Crippen molar-refractivity contribution >= 4 is 34.7 Å². The van der Waals surface area contributed by atoms with Crippen LogP contribution in [0.3, 0.4) is 0 Å². The second-order valence-corrected chi connectivity index (χ2v) is 9.21. The van der Waals surface area contributed by atoms with Gasteiger partial charge in [-0.2, -0.15) is 0 Å². The largest absolute Gasteiger partial charge is 0.489 e. The highest BCUT2D eigenvalue weighted by molar-refractivity contribution is 8.00. The van der Waals surface area contributed by atoms with Crippen LogP contribution in [0.5, 0.6) is 5.75 Å². The van der Waals surface area contributed by atoms with Crippen molar-refractivity contribution < 1.29 is 9.53 Å². The number of rotatable bonds is 9. The standard InChI is InChI=1S/C23H22N4O2S2/c1-16(31-23-25-21(26-27-23)14-20-8-5-13-30-20)22(28)24-18-9-11-19(12-10-18)29-15-17-6-3-2-4-7-17/h2-13,16H,14-15H2,1H3,(H,24,28)(H,25,26,27). The van der Waals surface area contributed by atoms with Gasteiger partial charge in [-0.1, -0.05) is 48.2 Å². The molecular formula is C23H22N4O2S2. The number of anilines is 1. The molecule has 0 aliphatic heterocycles. The van der Waals surface area contributed by atoms with Gasteiger partial charge in [-0.05, 0) is 48.2 Å². The van der Waals surface area contributed by atoms with Crippen molar-refractivity contribution in [1.82, 2.24) is 15.2 Å². The molecule has 0 radical (unpaired) electrons. The van der Waals surface area contributed by atoms with Gasteiger partial charge in [0.05, 0.1) is 5.25 Å². The Morgan fingerprint density at radius 3 is 2.68 bits per heavy atom. The number of aromatic amines is 1. The Kier molecular flexibility index (Phi) is 7.01. The Labute approximate surface area is 189 Å². The molecule has 1 unspecified atom stereocenters. The van der Waals surface area contributed by atoms with Gasteiger partial charge in [0.15, 0.2) is 0 Å². The number of amides is 1. The van der Waals surface area contributed by atoms with E-state index in [2.05, 4.69) is 26.6 Å². The highest BCUT2D eigenvalue weighted by Crippen LogP contribution is 2.23. The Balaban J connectivity index is 1.26. The van der Waals surface area contributed by atoms with E-state index in [1.807, 2.05) is 73.0 Å². The minimum Gasteiger partial charge on any atom is -0.489 e. The average molecular weight is 451 g/mol. The van der Waals surface area contributed by atoms with Crippen LogP contribution in [0.15, 0.2) is 77.3 Å². The van der Waals surface area contributed by atoms with E-state index in [-0.39, 0.29) is 11.2 Å². The maximum Gasteiger partial charge on any atom is 0.237 e. The summed E-state index contributed by atoms with van der Waals surface area (Å²) in [5, 5.41) is 12.4. The topological polar surface area (TPSA) is 79.9 Å². The highest BCUT2D eigenvalue weighted by Gasteiger charge is 2.17. The summed E-state index contributed by atoms with van der Waals surface area (Å²) < 4.78 is 5.78. The molecular weight excluding hydrogens is 428 g/mol. The lowest BCUT2D eigenvalue weighted by atomic mass is 10.2. The normalized spacial score (nSPS) is 11.8. The average Bonchev–Trinajstić information content (AvgIpc) is 3.46. The van der Waals surface area contributed by atoms with Gasteiger partial charge in [0, 0.05) is 17.0 Å². The molecule has 2 aromatic carbocycles. The molecule has 0 fully saturated rings. The summed E-state index contributed by atoms with van der Waals surface area (Å²) in [6, 6.07) is 21.4. The summed E-state index contributed by atoms with van der Waals surface area (Å²) >= 11 is 3.01. The third-order valence-electron chi connectivity index (χ3n) is 4.45. The fourth-order valence-electron chi connectivity index (χ4n) is 2.82. The first kappa shape index (κ1) is 21.1. The summed E-state index contributed by atoms with van der Waals surface area (Å²) in [7, 11) is 0. The second-order valence-electron chi connectivity index (χ2n) is 6.87. The van der Waals surface area contributed by atoms with E-state index in [1.165, 1.54) is 16.6 Å². The van der Waals surface area contributed by atoms with E-state index in [9.17, 15) is 4.79 Å². The molecule has 0 saturated heterocycles. The van der Waals surface area contributed by atoms with Crippen molar-refractivity contribution in [3.8, 4) is 5.75 Å². The van der Waals surface area contributed by atoms with E-state index >= 15 is 0 Å². The summed E-state index contributed by atoms with van der Waals surface area (Å²) in [6.45, 7) is 2.35. The number of hydrogen-bond acceptors (Lipinski definition) is 6. The third kappa shape index (κ3) is 6.19. The number of benzene rings is 2. The molecule has 31 heavy (non-hydrogen) atoms. The predicted octanol–water partition coefficient (Wildman–Crippen LogP) is 5.16. The van der Waals surface area contributed by atoms with Crippen molar-refractivity contribution in [3.05, 3.63) is 88.4 Å². The number of carbonyl (C=O) groups is 1. The van der Waals surface area contributed by atoms with Gasteiger partial charge in [0.1, 0.15) is 18.2 Å². The number of aromatic nitrogens is 3. The van der Waals surface area contributed by atoms with E-state index in [4.69, 9.17) is 4.74 Å². The van der Waals surface area contributed by atoms with Gasteiger partial charge in [-0.25, -0.2) is 4.98 Å². The van der Waals surface area contributed by atoms with Crippen LogP contribution in [0.4, 0.5) is 5.69 Å². The number of thioether (sulfide) groups is 1. The van der Waals surface area contributed by atoms with Crippen LogP contribution >= 0.6 is 23.1 Å². The van der Waals surface area contributed by atoms with E-state index in [1.54, 1.807) is 11.3 Å². The summed E-state index contributed by atoms with van der Waals surface area (Å²) in [4.78, 5) is 18.2. The first-order valence-electron chi connectivity index (χ1n) is 9.84. The molecule has 158 valence electrons. The molecule has 2 N–H and O–H groups in total. The molecule has 8 heteroatoms. The number of ether oxygens (including phenoxy) is 1. The van der Waals surface area contributed by atoms with Crippen LogP contribution in [0, 0.1) is 0 Å². The molecule has 6 nitrogen and oxygen atoms in total. The number of nitrogens with one attached hydrogen (secondary N) is 2. The molecule has 0 saturated carbocycles. The van der Waals surface area contributed by atoms with E-state index < -0.39 is 0 Å². The van der Waals surface area contributed by atoms with Crippen molar-refractivity contribution in [1.29, 1.82) is 0 Å². The van der Waals surface area contributed by atoms with Crippen molar-refractivity contribution in [2.24, 2.45) is 0 Å². The lowest BCUT2D eigenvalue weighted by molar-refractivity contribution is -0.115. The first-order valence-corrected chi connectivity index (χ1v) is 11.6. The SMILES string of the molecule is CC(Sc1n[nH]c(Cc2cccs2)n1)C(=O)Nc1ccc(OCc2ccccc2)cc1. The van der Waals surface area contributed by atoms with Gasteiger partial charge < -0.3 is 10.1 Å². The number of H-pyrrole nitrogens is 1. The molecule has 1 amide bonds. The first-order chi connectivity index (χ1) is 15.2. The summed E-state index contributed by atoms with van der Waals surface area (Å²) in [5.41, 5.74) is 1.83. The molecule has 1 atom stereocenters. The zero-order valence-corrected chi connectivity index (χ0v) is 18.6. The number of hydrogen-bond donors (Lipinski definition) is 2. The molecule has 4 rings (SSSR count). The van der Waals surface area contributed by atoms with Crippen molar-refractivity contribution in [2.45, 2.75) is 30.4 Å². The number of thiophene rings is 1. The molecule has 2 heterocycles. The minimum absolute atomic E-state index is 0.104. The molecule has 0 aliphatic rings. The smallest absolute Gasteiger partial charge is 0.237 e. The van der Waals surface area contributed by atoms with Crippen LogP contribution in [-0.2, 0) is 17.8 Å².